The zero-order valence-electron chi connectivity index (χ0n) is 37.8. The highest BCUT2D eigenvalue weighted by atomic mass is 32.1. The number of amides is 1. The molecular formula is C49H67N5O4S5. The normalized spacial score (nSPS) is 25.2. The van der Waals surface area contributed by atoms with Gasteiger partial charge in [-0.15, -0.1) is 22.7 Å². The molecule has 2 saturated carbocycles. The zero-order valence-corrected chi connectivity index (χ0v) is 42.0. The third-order valence-electron chi connectivity index (χ3n) is 15.3. The van der Waals surface area contributed by atoms with Gasteiger partial charge in [0.1, 0.15) is 12.7 Å². The smallest absolute Gasteiger partial charge is 0.337 e. The standard InChI is InChI=1S/C49H67N5O4S5/c1-6-13-39-38(53(5)43(55)28-58-39)22-31(26-50-59)23-42-29(2)35-24-32(18-19-40(35)61-42)30(3)49(4)21-20-41-36(25-49)44(47(56)57)46(62-41)45-37(27-51-60)52-48(63-45)54(33-14-9-7-10-15-33)34-16-11-8-12-17-34/h6,13,22-23,30,32-34,39,50-51,59-60H,7-12,14-21,24-28H2,1-5H3,(H,56,57)/b13-6?,31-23-,38-22+. The molecule has 342 valence electrons. The van der Waals surface area contributed by atoms with Crippen molar-refractivity contribution in [2.45, 2.75) is 155 Å². The number of hydrogen-bond donors (Lipinski definition) is 5. The summed E-state index contributed by atoms with van der Waals surface area (Å²) in [6.45, 7) is 10.2. The van der Waals surface area contributed by atoms with Gasteiger partial charge in [0.15, 0.2) is 5.13 Å². The Morgan fingerprint density at radius 2 is 1.70 bits per heavy atom. The first-order valence-corrected chi connectivity index (χ1v) is 26.7. The molecule has 8 rings (SSSR count). The van der Waals surface area contributed by atoms with Crippen molar-refractivity contribution in [3.63, 3.8) is 0 Å². The molecule has 4 unspecified atom stereocenters. The average Bonchev–Trinajstić information content (AvgIpc) is 3.96. The van der Waals surface area contributed by atoms with Gasteiger partial charge in [0.05, 0.1) is 26.7 Å². The van der Waals surface area contributed by atoms with E-state index in [1.807, 2.05) is 37.5 Å². The van der Waals surface area contributed by atoms with Crippen molar-refractivity contribution < 1.29 is 19.4 Å². The molecule has 3 N–H and O–H groups in total. The molecule has 0 spiro atoms. The minimum absolute atomic E-state index is 0.0237. The van der Waals surface area contributed by atoms with Crippen LogP contribution in [-0.2, 0) is 41.8 Å². The van der Waals surface area contributed by atoms with Crippen LogP contribution in [0.4, 0.5) is 5.13 Å². The highest BCUT2D eigenvalue weighted by Gasteiger charge is 2.43. The Hall–Kier alpha value is -2.43. The van der Waals surface area contributed by atoms with Crippen LogP contribution in [0.15, 0.2) is 29.5 Å². The minimum atomic E-state index is -0.818. The summed E-state index contributed by atoms with van der Waals surface area (Å²) in [6.07, 6.45) is 26.5. The Kier molecular flexibility index (Phi) is 15.4. The summed E-state index contributed by atoms with van der Waals surface area (Å²) < 4.78 is 12.0. The molecule has 1 saturated heterocycles. The van der Waals surface area contributed by atoms with Crippen LogP contribution in [0.3, 0.4) is 0 Å². The number of hydrogen-bond acceptors (Lipinski definition) is 12. The number of thiophene rings is 2. The Morgan fingerprint density at radius 1 is 1.00 bits per heavy atom. The van der Waals surface area contributed by atoms with Gasteiger partial charge in [0.25, 0.3) is 5.91 Å². The van der Waals surface area contributed by atoms with Gasteiger partial charge in [0, 0.05) is 46.9 Å². The van der Waals surface area contributed by atoms with E-state index in [0.717, 1.165) is 75.9 Å². The number of aromatic carboxylic acids is 1. The van der Waals surface area contributed by atoms with Gasteiger partial charge in [-0.25, -0.2) is 9.78 Å². The number of aryl methyl sites for hydroxylation is 2. The second-order valence-electron chi connectivity index (χ2n) is 19.1. The van der Waals surface area contributed by atoms with E-state index < -0.39 is 5.97 Å². The fourth-order valence-corrected chi connectivity index (χ4v) is 15.8. The summed E-state index contributed by atoms with van der Waals surface area (Å²) in [5, 5.41) is 12.2. The van der Waals surface area contributed by atoms with Crippen LogP contribution in [0.5, 0.6) is 0 Å². The van der Waals surface area contributed by atoms with Crippen LogP contribution in [0, 0.1) is 24.2 Å². The number of carboxylic acids is 1. The molecule has 0 bridgehead atoms. The van der Waals surface area contributed by atoms with Crippen LogP contribution in [0.25, 0.3) is 15.8 Å². The molecule has 3 aromatic heterocycles. The molecular weight excluding hydrogens is 883 g/mol. The van der Waals surface area contributed by atoms with E-state index in [1.165, 1.54) is 90.0 Å². The van der Waals surface area contributed by atoms with E-state index in [9.17, 15) is 14.7 Å². The second-order valence-corrected chi connectivity index (χ2v) is 22.9. The van der Waals surface area contributed by atoms with Gasteiger partial charge in [-0.2, -0.15) is 0 Å². The van der Waals surface area contributed by atoms with E-state index >= 15 is 0 Å². The predicted octanol–water partition coefficient (Wildman–Crippen LogP) is 11.4. The van der Waals surface area contributed by atoms with Gasteiger partial charge < -0.3 is 19.6 Å². The summed E-state index contributed by atoms with van der Waals surface area (Å²) in [5.41, 5.74) is 7.14. The molecule has 14 heteroatoms. The lowest BCUT2D eigenvalue weighted by Gasteiger charge is -2.44. The third-order valence-corrected chi connectivity index (χ3v) is 19.5. The SMILES string of the molecule is CC=CC1OCC(=O)N(C)/C1=C/C(=C/c1sc2c(c1C)CC(C(C)C1(C)CCc3sc(-c4sc(N(C5CCCCC5)C5CCCCC5)nc4CNS)c(C(=O)O)c3C1)CC2)CNS. The Bertz CT molecular complexity index is 2210. The number of carbonyl (C=O) groups is 2. The monoisotopic (exact) mass is 949 g/mol. The van der Waals surface area contributed by atoms with E-state index in [2.05, 4.69) is 72.9 Å². The second kappa shape index (κ2) is 20.6. The number of rotatable bonds is 14. The first-order chi connectivity index (χ1) is 30.4. The van der Waals surface area contributed by atoms with Crippen molar-refractivity contribution in [2.75, 3.05) is 25.1 Å². The van der Waals surface area contributed by atoms with Crippen molar-refractivity contribution in [1.29, 1.82) is 0 Å². The number of aromatic nitrogens is 1. The lowest BCUT2D eigenvalue weighted by molar-refractivity contribution is -0.139. The fraction of sp³-hybridized carbons (Fsp3) is 0.612. The number of thiazole rings is 1. The van der Waals surface area contributed by atoms with Crippen molar-refractivity contribution in [1.82, 2.24) is 19.3 Å². The lowest BCUT2D eigenvalue weighted by atomic mass is 9.61. The number of anilines is 1. The van der Waals surface area contributed by atoms with Crippen molar-refractivity contribution >= 4 is 82.7 Å². The quantitative estimate of drug-likeness (QED) is 0.0804. The molecule has 9 nitrogen and oxygen atoms in total. The summed E-state index contributed by atoms with van der Waals surface area (Å²) in [6, 6.07) is 1.01. The van der Waals surface area contributed by atoms with Gasteiger partial charge in [-0.3, -0.25) is 14.2 Å². The van der Waals surface area contributed by atoms with Gasteiger partial charge in [0.2, 0.25) is 0 Å². The molecule has 4 heterocycles. The van der Waals surface area contributed by atoms with Crippen molar-refractivity contribution in [2.24, 2.45) is 17.3 Å². The highest BCUT2D eigenvalue weighted by molar-refractivity contribution is 7.78. The Balaban J connectivity index is 1.05. The third kappa shape index (κ3) is 9.85. The minimum Gasteiger partial charge on any atom is -0.478 e. The number of ether oxygens (including phenoxy) is 1. The topological polar surface area (TPSA) is 107 Å². The Labute approximate surface area is 398 Å². The largest absolute Gasteiger partial charge is 0.478 e. The number of carboxylic acid groups (broad SMARTS) is 1. The van der Waals surface area contributed by atoms with Crippen LogP contribution >= 0.6 is 59.6 Å². The molecule has 4 aliphatic carbocycles. The molecule has 1 aliphatic heterocycles. The molecule has 63 heavy (non-hydrogen) atoms. The van der Waals surface area contributed by atoms with E-state index in [1.54, 1.807) is 27.6 Å². The average molecular weight is 950 g/mol. The maximum Gasteiger partial charge on any atom is 0.337 e. The number of thiol groups is 2. The molecule has 3 aromatic rings. The summed E-state index contributed by atoms with van der Waals surface area (Å²) >= 11 is 14.2. The predicted molar refractivity (Wildman–Crippen MR) is 269 cm³/mol. The molecule has 1 amide bonds. The number of nitrogens with one attached hydrogen (secondary N) is 2. The van der Waals surface area contributed by atoms with Crippen molar-refractivity contribution in [3.8, 4) is 9.75 Å². The first kappa shape index (κ1) is 47.1. The van der Waals surface area contributed by atoms with Gasteiger partial charge >= 0.3 is 5.97 Å². The zero-order chi connectivity index (χ0) is 44.4. The van der Waals surface area contributed by atoms with Crippen LogP contribution in [0.2, 0.25) is 0 Å². The molecule has 4 atom stereocenters. The number of fused-ring (bicyclic) bond motifs is 2. The maximum atomic E-state index is 13.5. The molecule has 3 fully saturated rings. The van der Waals surface area contributed by atoms with Gasteiger partial charge in [-0.05, 0) is 130 Å². The summed E-state index contributed by atoms with van der Waals surface area (Å²) in [7, 11) is 1.82. The highest BCUT2D eigenvalue weighted by Crippen LogP contribution is 2.53. The van der Waals surface area contributed by atoms with Crippen LogP contribution in [-0.4, -0.2) is 65.3 Å². The first-order valence-electron chi connectivity index (χ1n) is 23.4. The van der Waals surface area contributed by atoms with E-state index in [-0.39, 0.29) is 24.0 Å². The lowest BCUT2D eigenvalue weighted by Crippen LogP contribution is -2.45. The van der Waals surface area contributed by atoms with Crippen molar-refractivity contribution in [3.05, 3.63) is 72.1 Å². The maximum absolute atomic E-state index is 13.5. The molecule has 5 aliphatic rings. The van der Waals surface area contributed by atoms with Crippen LogP contribution in [0.1, 0.15) is 145 Å². The molecule has 0 aromatic carbocycles. The number of likely N-dealkylation sites (N-methyl/N-ethyl adjacent to an activating group) is 1. The van der Waals surface area contributed by atoms with E-state index in [4.69, 9.17) is 9.72 Å². The van der Waals surface area contributed by atoms with Crippen LogP contribution < -0.4 is 14.3 Å². The molecule has 0 radical (unpaired) electrons. The number of nitrogens with zero attached hydrogens (tertiary/aromatic N) is 3. The number of morpholine rings is 1. The summed E-state index contributed by atoms with van der Waals surface area (Å²) in [5.74, 6) is 0.0453. The Morgan fingerprint density at radius 3 is 2.35 bits per heavy atom. The summed E-state index contributed by atoms with van der Waals surface area (Å²) in [4.78, 5) is 41.8. The number of carbonyl (C=O) groups excluding carboxylic acids is 1. The number of allylic oxidation sites excluding steroid dienone is 1. The van der Waals surface area contributed by atoms with E-state index in [0.29, 0.717) is 42.6 Å². The van der Waals surface area contributed by atoms with Gasteiger partial charge in [-0.1, -0.05) is 101 Å². The fourth-order valence-electron chi connectivity index (χ4n) is 11.4.